The number of hydrogen-bond donors (Lipinski definition) is 0. The molecule has 0 aromatic rings. The number of carbonyl (C=O) groups excluding carboxylic acids is 2. The van der Waals surface area contributed by atoms with Crippen LogP contribution in [0.4, 0.5) is 0 Å². The first-order chi connectivity index (χ1) is 3.13. The predicted octanol–water partition coefficient (Wildman–Crippen LogP) is -0.976. The number of rotatable bonds is 0. The van der Waals surface area contributed by atoms with Crippen LogP contribution in [0, 0.1) is 0 Å². The van der Waals surface area contributed by atoms with E-state index in [1.54, 1.807) is 0 Å². The van der Waals surface area contributed by atoms with Crippen molar-refractivity contribution in [2.45, 2.75) is 13.8 Å². The third-order valence-electron chi connectivity index (χ3n) is 0.287. The molecule has 0 rings (SSSR count). The molecule has 0 bridgehead atoms. The van der Waals surface area contributed by atoms with E-state index in [0.29, 0.717) is 0 Å². The zero-order chi connectivity index (χ0) is 5.86. The summed E-state index contributed by atoms with van der Waals surface area (Å²) in [5.41, 5.74) is 0. The molecule has 0 spiro atoms. The van der Waals surface area contributed by atoms with Gasteiger partial charge in [0.15, 0.2) is 0 Å². The quantitative estimate of drug-likeness (QED) is 0.324. The molecule has 0 aromatic carbocycles. The zero-order valence-electron chi connectivity index (χ0n) is 7.64. The van der Waals surface area contributed by atoms with E-state index >= 15 is 0 Å². The fourth-order valence-corrected chi connectivity index (χ4v) is 0.202. The summed E-state index contributed by atoms with van der Waals surface area (Å²) in [6, 6.07) is 0. The molecule has 50 valence electrons. The average molecular weight is 338 g/mol. The molecule has 0 fully saturated rings. The van der Waals surface area contributed by atoms with Gasteiger partial charge in [0.1, 0.15) is 0 Å². The molecule has 0 atom stereocenters. The molecule has 9 heavy (non-hydrogen) atoms. The number of hydrogen-bond acceptors (Lipinski definition) is 3. The van der Waals surface area contributed by atoms with Gasteiger partial charge in [0.05, 0.1) is 0 Å². The van der Waals surface area contributed by atoms with Crippen LogP contribution >= 0.6 is 0 Å². The second-order valence-corrected chi connectivity index (χ2v) is 1.09. The molecular weight excluding hydrogens is 328 g/mol. The normalized spacial score (nSPS) is 6.00. The van der Waals surface area contributed by atoms with Gasteiger partial charge in [0.2, 0.25) is 0 Å². The van der Waals surface area contributed by atoms with Gasteiger partial charge >= 0.3 is 62.3 Å². The SMILES string of the molecule is CC(=O)OC(C)=O.[H-].[H-].[Mg+2].[PbH2]. The first kappa shape index (κ1) is 16.4. The average Bonchev–Trinajstić information content (AvgIpc) is 1.27. The molecule has 0 aliphatic heterocycles. The standard InChI is InChI=1S/C4H6O3.Mg.Pb.4H/c1-3(5)7-4(2)6;;;;;;/h1-2H3;;;;;;/q;+2;;;;2*-1. The maximum atomic E-state index is 9.81. The summed E-state index contributed by atoms with van der Waals surface area (Å²) in [6.07, 6.45) is 0. The molecule has 0 aliphatic carbocycles. The summed E-state index contributed by atoms with van der Waals surface area (Å²) in [5, 5.41) is 0. The third-order valence-corrected chi connectivity index (χ3v) is 0.287. The van der Waals surface area contributed by atoms with E-state index in [2.05, 4.69) is 4.74 Å². The molecule has 0 aromatic heterocycles. The minimum absolute atomic E-state index is 0. The van der Waals surface area contributed by atoms with Gasteiger partial charge < -0.3 is 7.59 Å². The Kier molecular flexibility index (Phi) is 16.1. The number of esters is 2. The van der Waals surface area contributed by atoms with E-state index in [-0.39, 0.29) is 53.2 Å². The van der Waals surface area contributed by atoms with Crippen LogP contribution in [0.2, 0.25) is 0 Å². The van der Waals surface area contributed by atoms with Crippen molar-refractivity contribution in [2.75, 3.05) is 0 Å². The van der Waals surface area contributed by atoms with Crippen molar-refractivity contribution in [1.29, 1.82) is 0 Å². The minimum atomic E-state index is -0.562. The van der Waals surface area contributed by atoms with E-state index in [1.165, 1.54) is 13.8 Å². The second-order valence-electron chi connectivity index (χ2n) is 1.09. The van der Waals surface area contributed by atoms with E-state index in [4.69, 9.17) is 0 Å². The topological polar surface area (TPSA) is 43.4 Å². The van der Waals surface area contributed by atoms with Gasteiger partial charge in [-0.25, -0.2) is 0 Å². The zero-order valence-corrected chi connectivity index (χ0v) is 12.6. The Bertz CT molecular complexity index is 99.5. The molecule has 0 saturated carbocycles. The van der Waals surface area contributed by atoms with Crippen molar-refractivity contribution < 1.29 is 17.2 Å². The van der Waals surface area contributed by atoms with E-state index in [9.17, 15) is 9.59 Å². The Morgan fingerprint density at radius 1 is 1.22 bits per heavy atom. The Morgan fingerprint density at radius 3 is 1.44 bits per heavy atom. The van der Waals surface area contributed by atoms with Crippen molar-refractivity contribution in [3.8, 4) is 0 Å². The monoisotopic (exact) mass is 338 g/mol. The van der Waals surface area contributed by atoms with Gasteiger partial charge in [-0.15, -0.1) is 0 Å². The third kappa shape index (κ3) is 17.7. The molecule has 0 saturated heterocycles. The summed E-state index contributed by atoms with van der Waals surface area (Å²) in [5.74, 6) is -1.12. The van der Waals surface area contributed by atoms with Gasteiger partial charge in [-0.3, -0.25) is 9.59 Å². The molecule has 0 aliphatic rings. The molecule has 2 radical (unpaired) electrons. The number of ether oxygens (including phenoxy) is 1. The second kappa shape index (κ2) is 8.83. The van der Waals surface area contributed by atoms with Crippen LogP contribution < -0.4 is 0 Å². The van der Waals surface area contributed by atoms with Crippen molar-refractivity contribution in [3.05, 3.63) is 0 Å². The Morgan fingerprint density at radius 2 is 1.44 bits per heavy atom. The van der Waals surface area contributed by atoms with Gasteiger partial charge in [-0.1, -0.05) is 0 Å². The first-order valence-corrected chi connectivity index (χ1v) is 1.82. The fourth-order valence-electron chi connectivity index (χ4n) is 0.202. The Hall–Kier alpha value is 0.828. The van der Waals surface area contributed by atoms with E-state index < -0.39 is 11.9 Å². The maximum absolute atomic E-state index is 9.81. The molecule has 3 nitrogen and oxygen atoms in total. The Balaban J connectivity index is -0.0000000300. The molecular formula is C4H10MgO3Pb. The molecule has 5 heteroatoms. The van der Waals surface area contributed by atoms with Crippen LogP contribution in [-0.4, -0.2) is 62.3 Å². The summed E-state index contributed by atoms with van der Waals surface area (Å²) >= 11 is 0. The van der Waals surface area contributed by atoms with Crippen LogP contribution in [0.15, 0.2) is 0 Å². The molecule has 0 amide bonds. The molecule has 0 N–H and O–H groups in total. The van der Waals surface area contributed by atoms with Crippen molar-refractivity contribution >= 4 is 62.3 Å². The van der Waals surface area contributed by atoms with Crippen molar-refractivity contribution in [3.63, 3.8) is 0 Å². The summed E-state index contributed by atoms with van der Waals surface area (Å²) < 4.78 is 3.97. The summed E-state index contributed by atoms with van der Waals surface area (Å²) in [4.78, 5) is 19.6. The summed E-state index contributed by atoms with van der Waals surface area (Å²) in [6.45, 7) is 2.36. The number of carbonyl (C=O) groups is 2. The first-order valence-electron chi connectivity index (χ1n) is 1.82. The molecule has 0 heterocycles. The fraction of sp³-hybridized carbons (Fsp3) is 0.500. The van der Waals surface area contributed by atoms with Gasteiger partial charge in [0.25, 0.3) is 0 Å². The van der Waals surface area contributed by atoms with Gasteiger partial charge in [0, 0.05) is 13.8 Å². The van der Waals surface area contributed by atoms with Gasteiger partial charge in [-0.05, 0) is 0 Å². The van der Waals surface area contributed by atoms with E-state index in [0.717, 1.165) is 0 Å². The van der Waals surface area contributed by atoms with Crippen LogP contribution in [0.25, 0.3) is 0 Å². The van der Waals surface area contributed by atoms with Crippen molar-refractivity contribution in [2.24, 2.45) is 0 Å². The predicted molar refractivity (Wildman–Crippen MR) is 39.0 cm³/mol. The van der Waals surface area contributed by atoms with Crippen LogP contribution in [-0.2, 0) is 14.3 Å². The van der Waals surface area contributed by atoms with E-state index in [1.807, 2.05) is 0 Å². The van der Waals surface area contributed by atoms with Crippen LogP contribution in [0.1, 0.15) is 16.7 Å². The Labute approximate surface area is 92.8 Å². The van der Waals surface area contributed by atoms with Crippen molar-refractivity contribution in [1.82, 2.24) is 0 Å². The summed E-state index contributed by atoms with van der Waals surface area (Å²) in [7, 11) is 0. The van der Waals surface area contributed by atoms with Gasteiger partial charge in [-0.2, -0.15) is 0 Å². The van der Waals surface area contributed by atoms with Crippen LogP contribution in [0.5, 0.6) is 0 Å². The van der Waals surface area contributed by atoms with Crippen LogP contribution in [0.3, 0.4) is 0 Å². The molecule has 0 unspecified atom stereocenters.